The average molecular weight is 210 g/mol. The molecule has 0 fully saturated rings. The fourth-order valence-corrected chi connectivity index (χ4v) is 0.602. The number of hydrogen-bond acceptors (Lipinski definition) is 2. The second-order valence-electron chi connectivity index (χ2n) is 3.04. The van der Waals surface area contributed by atoms with Crippen LogP contribution in [0.1, 0.15) is 20.3 Å². The van der Waals surface area contributed by atoms with Crippen LogP contribution in [-0.4, -0.2) is 24.7 Å². The van der Waals surface area contributed by atoms with E-state index >= 15 is 0 Å². The van der Waals surface area contributed by atoms with Crippen LogP contribution in [0, 0.1) is 0 Å². The largest absolute Gasteiger partial charge is 0.462 e. The summed E-state index contributed by atoms with van der Waals surface area (Å²) in [5, 5.41) is 0. The molecule has 0 radical (unpaired) electrons. The number of halogens is 3. The van der Waals surface area contributed by atoms with Gasteiger partial charge in [0.15, 0.2) is 6.17 Å². The van der Waals surface area contributed by atoms with E-state index in [1.165, 1.54) is 6.92 Å². The molecule has 0 aliphatic carbocycles. The molecule has 0 N–H and O–H groups in total. The molecule has 14 heavy (non-hydrogen) atoms. The number of hydrogen-bond donors (Lipinski definition) is 0. The summed E-state index contributed by atoms with van der Waals surface area (Å²) in [7, 11) is 0. The quantitative estimate of drug-likeness (QED) is 0.514. The Morgan fingerprint density at radius 3 is 2.43 bits per heavy atom. The molecular weight excluding hydrogens is 197 g/mol. The van der Waals surface area contributed by atoms with Gasteiger partial charge in [0.25, 0.3) is 5.92 Å². The molecule has 0 aromatic carbocycles. The van der Waals surface area contributed by atoms with Crippen LogP contribution in [0.3, 0.4) is 0 Å². The molecule has 0 saturated heterocycles. The normalized spacial score (nSPS) is 13.5. The van der Waals surface area contributed by atoms with Crippen molar-refractivity contribution < 1.29 is 22.7 Å². The molecule has 1 atom stereocenters. The van der Waals surface area contributed by atoms with Gasteiger partial charge in [-0.1, -0.05) is 6.58 Å². The monoisotopic (exact) mass is 210 g/mol. The van der Waals surface area contributed by atoms with Crippen molar-refractivity contribution in [3.05, 3.63) is 12.2 Å². The van der Waals surface area contributed by atoms with Gasteiger partial charge in [-0.05, 0) is 13.8 Å². The molecule has 0 aromatic heterocycles. The van der Waals surface area contributed by atoms with Crippen molar-refractivity contribution in [2.24, 2.45) is 0 Å². The van der Waals surface area contributed by atoms with Gasteiger partial charge in [0.1, 0.15) is 0 Å². The number of esters is 1. The number of rotatable bonds is 5. The first-order valence-corrected chi connectivity index (χ1v) is 4.12. The molecule has 0 saturated carbocycles. The lowest BCUT2D eigenvalue weighted by Crippen LogP contribution is -2.29. The van der Waals surface area contributed by atoms with Crippen molar-refractivity contribution in [1.82, 2.24) is 0 Å². The van der Waals surface area contributed by atoms with Gasteiger partial charge in [-0.3, -0.25) is 0 Å². The molecule has 0 rings (SSSR count). The Balaban J connectivity index is 3.85. The first-order chi connectivity index (χ1) is 6.27. The molecule has 0 aromatic rings. The first kappa shape index (κ1) is 13.0. The van der Waals surface area contributed by atoms with Crippen LogP contribution in [0.2, 0.25) is 0 Å². The molecule has 0 aliphatic heterocycles. The molecule has 1 unspecified atom stereocenters. The van der Waals surface area contributed by atoms with Crippen molar-refractivity contribution in [3.8, 4) is 0 Å². The van der Waals surface area contributed by atoms with E-state index < -0.39 is 31.1 Å². The maximum atomic E-state index is 12.6. The SMILES string of the molecule is C=C(C)C(=O)OCCC(F)(F)C(C)F. The predicted molar refractivity (Wildman–Crippen MR) is 45.9 cm³/mol. The summed E-state index contributed by atoms with van der Waals surface area (Å²) in [4.78, 5) is 10.7. The third kappa shape index (κ3) is 4.30. The zero-order valence-corrected chi connectivity index (χ0v) is 8.15. The summed E-state index contributed by atoms with van der Waals surface area (Å²) in [6.07, 6.45) is -3.06. The number of alkyl halides is 3. The molecule has 0 bridgehead atoms. The molecule has 0 amide bonds. The molecule has 2 nitrogen and oxygen atoms in total. The Morgan fingerprint density at radius 2 is 2.07 bits per heavy atom. The first-order valence-electron chi connectivity index (χ1n) is 4.12. The highest BCUT2D eigenvalue weighted by atomic mass is 19.3. The predicted octanol–water partition coefficient (Wildman–Crippen LogP) is 2.49. The fraction of sp³-hybridized carbons (Fsp3) is 0.667. The lowest BCUT2D eigenvalue weighted by atomic mass is 10.2. The van der Waals surface area contributed by atoms with Crippen LogP contribution in [0.4, 0.5) is 13.2 Å². The van der Waals surface area contributed by atoms with E-state index in [1.807, 2.05) is 0 Å². The molecule has 0 spiro atoms. The minimum absolute atomic E-state index is 0.126. The Kier molecular flexibility index (Phi) is 4.67. The Morgan fingerprint density at radius 1 is 1.57 bits per heavy atom. The highest BCUT2D eigenvalue weighted by Crippen LogP contribution is 2.25. The van der Waals surface area contributed by atoms with Gasteiger partial charge in [-0.25, -0.2) is 18.0 Å². The van der Waals surface area contributed by atoms with E-state index in [4.69, 9.17) is 0 Å². The number of carbonyl (C=O) groups is 1. The van der Waals surface area contributed by atoms with Crippen molar-refractivity contribution in [2.45, 2.75) is 32.4 Å². The topological polar surface area (TPSA) is 26.3 Å². The Bertz CT molecular complexity index is 224. The summed E-state index contributed by atoms with van der Waals surface area (Å²) in [5.41, 5.74) is 0.126. The maximum absolute atomic E-state index is 12.6. The molecule has 5 heteroatoms. The van der Waals surface area contributed by atoms with E-state index in [1.54, 1.807) is 0 Å². The highest BCUT2D eigenvalue weighted by Gasteiger charge is 2.36. The molecule has 0 aliphatic rings. The van der Waals surface area contributed by atoms with Gasteiger partial charge in [-0.2, -0.15) is 0 Å². The number of ether oxygens (including phenoxy) is 1. The van der Waals surface area contributed by atoms with Crippen LogP contribution < -0.4 is 0 Å². The van der Waals surface area contributed by atoms with Gasteiger partial charge in [-0.15, -0.1) is 0 Å². The summed E-state index contributed by atoms with van der Waals surface area (Å²) in [5.74, 6) is -4.19. The van der Waals surface area contributed by atoms with Crippen LogP contribution in [0.25, 0.3) is 0 Å². The zero-order chi connectivity index (χ0) is 11.4. The maximum Gasteiger partial charge on any atom is 0.333 e. The lowest BCUT2D eigenvalue weighted by molar-refractivity contribution is -0.143. The van der Waals surface area contributed by atoms with Crippen LogP contribution in [0.15, 0.2) is 12.2 Å². The van der Waals surface area contributed by atoms with E-state index in [0.717, 1.165) is 6.92 Å². The van der Waals surface area contributed by atoms with E-state index in [-0.39, 0.29) is 5.57 Å². The summed E-state index contributed by atoms with van der Waals surface area (Å²) >= 11 is 0. The van der Waals surface area contributed by atoms with Crippen molar-refractivity contribution >= 4 is 5.97 Å². The zero-order valence-electron chi connectivity index (χ0n) is 8.15. The summed E-state index contributed by atoms with van der Waals surface area (Å²) < 4.78 is 41.9. The van der Waals surface area contributed by atoms with Gasteiger partial charge in [0.05, 0.1) is 6.61 Å². The second kappa shape index (κ2) is 5.02. The minimum Gasteiger partial charge on any atom is -0.462 e. The second-order valence-corrected chi connectivity index (χ2v) is 3.04. The van der Waals surface area contributed by atoms with Crippen molar-refractivity contribution in [2.75, 3.05) is 6.61 Å². The molecular formula is C9H13F3O2. The Labute approximate surface area is 80.7 Å². The summed E-state index contributed by atoms with van der Waals surface area (Å²) in [6.45, 7) is 4.93. The Hall–Kier alpha value is -1.00. The van der Waals surface area contributed by atoms with Crippen LogP contribution in [0.5, 0.6) is 0 Å². The van der Waals surface area contributed by atoms with E-state index in [0.29, 0.717) is 0 Å². The highest BCUT2D eigenvalue weighted by molar-refractivity contribution is 5.86. The smallest absolute Gasteiger partial charge is 0.333 e. The minimum atomic E-state index is -3.45. The van der Waals surface area contributed by atoms with Crippen molar-refractivity contribution in [3.63, 3.8) is 0 Å². The third-order valence-electron chi connectivity index (χ3n) is 1.60. The van der Waals surface area contributed by atoms with E-state index in [2.05, 4.69) is 11.3 Å². The van der Waals surface area contributed by atoms with Gasteiger partial charge >= 0.3 is 5.97 Å². The third-order valence-corrected chi connectivity index (χ3v) is 1.60. The lowest BCUT2D eigenvalue weighted by Gasteiger charge is -2.17. The van der Waals surface area contributed by atoms with Gasteiger partial charge in [0.2, 0.25) is 0 Å². The van der Waals surface area contributed by atoms with Gasteiger partial charge < -0.3 is 4.74 Å². The summed E-state index contributed by atoms with van der Waals surface area (Å²) in [6, 6.07) is 0. The average Bonchev–Trinajstić information content (AvgIpc) is 2.03. The fourth-order valence-electron chi connectivity index (χ4n) is 0.602. The van der Waals surface area contributed by atoms with Crippen LogP contribution in [-0.2, 0) is 9.53 Å². The number of carbonyl (C=O) groups excluding carboxylic acids is 1. The molecule has 0 heterocycles. The van der Waals surface area contributed by atoms with Crippen LogP contribution >= 0.6 is 0 Å². The standard InChI is InChI=1S/C9H13F3O2/c1-6(2)8(13)14-5-4-9(11,12)7(3)10/h7H,1,4-5H2,2-3H3. The van der Waals surface area contributed by atoms with E-state index in [9.17, 15) is 18.0 Å². The molecule has 82 valence electrons. The van der Waals surface area contributed by atoms with Crippen molar-refractivity contribution in [1.29, 1.82) is 0 Å². The van der Waals surface area contributed by atoms with Gasteiger partial charge in [0, 0.05) is 12.0 Å².